The smallest absolute Gasteiger partial charge is 0.303 e. The van der Waals surface area contributed by atoms with Gasteiger partial charge in [-0.05, 0) is 12.2 Å². The van der Waals surface area contributed by atoms with E-state index in [1.807, 2.05) is 0 Å². The molecule has 4 heteroatoms. The number of rotatable bonds is 3. The third-order valence-corrected chi connectivity index (χ3v) is 0.888. The van der Waals surface area contributed by atoms with Gasteiger partial charge in [-0.1, -0.05) is 6.58 Å². The molecule has 0 aromatic heterocycles. The number of esters is 1. The average Bonchev–Trinajstić information content (AvgIpc) is 1.97. The molecular weight excluding hydrogens is 162 g/mol. The normalized spacial score (nSPS) is 7.36. The van der Waals surface area contributed by atoms with Crippen molar-refractivity contribution in [3.05, 3.63) is 18.0 Å². The highest BCUT2D eigenvalue weighted by molar-refractivity contribution is 7.78. The van der Waals surface area contributed by atoms with E-state index in [1.165, 1.54) is 6.92 Å². The first-order chi connectivity index (χ1) is 5.20. The summed E-state index contributed by atoms with van der Waals surface area (Å²) in [4.78, 5) is 13.8. The lowest BCUT2D eigenvalue weighted by atomic mass is 10.5. The molecule has 0 bridgehead atoms. The minimum absolute atomic E-state index is 0.0441. The first-order valence-electron chi connectivity index (χ1n) is 2.81. The SMILES string of the molecule is C=C=C(COC(C)=O)N=C=S. The maximum Gasteiger partial charge on any atom is 0.303 e. The molecule has 0 aromatic carbocycles. The van der Waals surface area contributed by atoms with Crippen molar-refractivity contribution >= 4 is 23.3 Å². The van der Waals surface area contributed by atoms with E-state index in [4.69, 9.17) is 0 Å². The number of nitrogens with zero attached hydrogens (tertiary/aromatic N) is 1. The number of hydrogen-bond acceptors (Lipinski definition) is 4. The number of thiocarbonyl (C=S) groups is 1. The molecule has 0 aliphatic carbocycles. The molecule has 11 heavy (non-hydrogen) atoms. The van der Waals surface area contributed by atoms with Crippen molar-refractivity contribution in [3.8, 4) is 0 Å². The van der Waals surface area contributed by atoms with Crippen LogP contribution >= 0.6 is 12.2 Å². The topological polar surface area (TPSA) is 38.7 Å². The fourth-order valence-corrected chi connectivity index (χ4v) is 0.458. The highest BCUT2D eigenvalue weighted by Crippen LogP contribution is 1.93. The second kappa shape index (κ2) is 5.57. The molecule has 0 saturated carbocycles. The molecule has 0 spiro atoms. The molecule has 0 amide bonds. The molecule has 3 nitrogen and oxygen atoms in total. The Balaban J connectivity index is 4.01. The Morgan fingerprint density at radius 1 is 1.82 bits per heavy atom. The van der Waals surface area contributed by atoms with Gasteiger partial charge in [-0.15, -0.1) is 5.73 Å². The quantitative estimate of drug-likeness (QED) is 0.277. The summed E-state index contributed by atoms with van der Waals surface area (Å²) in [6.07, 6.45) is 0. The van der Waals surface area contributed by atoms with E-state index in [1.54, 1.807) is 0 Å². The van der Waals surface area contributed by atoms with E-state index in [2.05, 4.69) is 39.4 Å². The molecule has 58 valence electrons. The van der Waals surface area contributed by atoms with Crippen molar-refractivity contribution in [2.75, 3.05) is 6.61 Å². The fraction of sp³-hybridized carbons (Fsp3) is 0.286. The zero-order valence-corrected chi connectivity index (χ0v) is 6.90. The maximum atomic E-state index is 10.3. The lowest BCUT2D eigenvalue weighted by Gasteiger charge is -1.96. The summed E-state index contributed by atoms with van der Waals surface area (Å²) in [5, 5.41) is 2.12. The van der Waals surface area contributed by atoms with Crippen LogP contribution in [0.5, 0.6) is 0 Å². The first kappa shape index (κ1) is 9.79. The lowest BCUT2D eigenvalue weighted by Crippen LogP contribution is -2.01. The summed E-state index contributed by atoms with van der Waals surface area (Å²) in [7, 11) is 0. The van der Waals surface area contributed by atoms with Crippen LogP contribution in [0.2, 0.25) is 0 Å². The van der Waals surface area contributed by atoms with Crippen LogP contribution in [0.25, 0.3) is 0 Å². The van der Waals surface area contributed by atoms with Crippen molar-refractivity contribution in [2.24, 2.45) is 4.99 Å². The summed E-state index contributed by atoms with van der Waals surface area (Å²) in [6.45, 7) is 4.68. The zero-order chi connectivity index (χ0) is 8.69. The second-order valence-electron chi connectivity index (χ2n) is 1.61. The van der Waals surface area contributed by atoms with Gasteiger partial charge >= 0.3 is 5.97 Å². The van der Waals surface area contributed by atoms with E-state index >= 15 is 0 Å². The van der Waals surface area contributed by atoms with Crippen LogP contribution in [0.3, 0.4) is 0 Å². The average molecular weight is 169 g/mol. The summed E-state index contributed by atoms with van der Waals surface area (Å²) >= 11 is 4.33. The van der Waals surface area contributed by atoms with Gasteiger partial charge in [0.15, 0.2) is 0 Å². The third kappa shape index (κ3) is 5.25. The van der Waals surface area contributed by atoms with Crippen molar-refractivity contribution < 1.29 is 9.53 Å². The van der Waals surface area contributed by atoms with Crippen LogP contribution in [-0.2, 0) is 9.53 Å². The van der Waals surface area contributed by atoms with Crippen LogP contribution in [0.4, 0.5) is 0 Å². The van der Waals surface area contributed by atoms with E-state index in [0.717, 1.165) is 0 Å². The van der Waals surface area contributed by atoms with Crippen LogP contribution < -0.4 is 0 Å². The second-order valence-corrected chi connectivity index (χ2v) is 1.79. The number of ether oxygens (including phenoxy) is 1. The Bertz CT molecular complexity index is 247. The largest absolute Gasteiger partial charge is 0.459 e. The Morgan fingerprint density at radius 2 is 2.45 bits per heavy atom. The van der Waals surface area contributed by atoms with Gasteiger partial charge in [0, 0.05) is 6.92 Å². The van der Waals surface area contributed by atoms with Crippen molar-refractivity contribution in [1.82, 2.24) is 0 Å². The lowest BCUT2D eigenvalue weighted by molar-refractivity contribution is -0.139. The molecular formula is C7H7NO2S. The summed E-state index contributed by atoms with van der Waals surface area (Å²) in [5.41, 5.74) is 2.82. The van der Waals surface area contributed by atoms with E-state index in [9.17, 15) is 4.79 Å². The van der Waals surface area contributed by atoms with Crippen LogP contribution in [0, 0.1) is 0 Å². The Kier molecular flexibility index (Phi) is 4.95. The molecule has 0 saturated heterocycles. The van der Waals surface area contributed by atoms with Crippen LogP contribution in [0.1, 0.15) is 6.92 Å². The Labute approximate surface area is 70.1 Å². The Morgan fingerprint density at radius 3 is 2.82 bits per heavy atom. The predicted octanol–water partition coefficient (Wildman–Crippen LogP) is 1.32. The van der Waals surface area contributed by atoms with Gasteiger partial charge in [0.25, 0.3) is 0 Å². The predicted molar refractivity (Wildman–Crippen MR) is 44.3 cm³/mol. The van der Waals surface area contributed by atoms with Crippen molar-refractivity contribution in [2.45, 2.75) is 6.92 Å². The number of isothiocyanates is 1. The fourth-order valence-electron chi connectivity index (χ4n) is 0.348. The minimum atomic E-state index is -0.377. The molecule has 0 rings (SSSR count). The third-order valence-electron chi connectivity index (χ3n) is 0.797. The molecule has 0 N–H and O–H groups in total. The molecule has 0 radical (unpaired) electrons. The number of carbonyl (C=O) groups is 1. The molecule has 0 fully saturated rings. The summed E-state index contributed by atoms with van der Waals surface area (Å²) in [6, 6.07) is 0. The van der Waals surface area contributed by atoms with Gasteiger partial charge in [-0.2, -0.15) is 4.99 Å². The van der Waals surface area contributed by atoms with E-state index in [0.29, 0.717) is 5.70 Å². The molecule has 0 heterocycles. The van der Waals surface area contributed by atoms with E-state index in [-0.39, 0.29) is 12.6 Å². The molecule has 0 aliphatic heterocycles. The van der Waals surface area contributed by atoms with Crippen molar-refractivity contribution in [1.29, 1.82) is 0 Å². The molecule has 0 atom stereocenters. The van der Waals surface area contributed by atoms with Gasteiger partial charge in [0.1, 0.15) is 12.3 Å². The molecule has 0 unspecified atom stereocenters. The maximum absolute atomic E-state index is 10.3. The highest BCUT2D eigenvalue weighted by Gasteiger charge is 1.95. The Hall–Kier alpha value is -1.21. The van der Waals surface area contributed by atoms with Gasteiger partial charge < -0.3 is 4.74 Å². The van der Waals surface area contributed by atoms with Gasteiger partial charge in [-0.25, -0.2) is 0 Å². The number of aliphatic imine (C=N–C) groups is 1. The molecule has 0 aromatic rings. The minimum Gasteiger partial charge on any atom is -0.459 e. The van der Waals surface area contributed by atoms with E-state index < -0.39 is 0 Å². The van der Waals surface area contributed by atoms with Crippen molar-refractivity contribution in [3.63, 3.8) is 0 Å². The number of carbonyl (C=O) groups excluding carboxylic acids is 1. The number of hydrogen-bond donors (Lipinski definition) is 0. The summed E-state index contributed by atoms with van der Waals surface area (Å²) in [5.74, 6) is -0.377. The molecule has 0 aliphatic rings. The van der Waals surface area contributed by atoms with Gasteiger partial charge in [-0.3, -0.25) is 4.79 Å². The monoisotopic (exact) mass is 169 g/mol. The zero-order valence-electron chi connectivity index (χ0n) is 6.09. The standard InChI is InChI=1S/C7H7NO2S/c1-3-7(8-5-11)4-10-6(2)9/h1,4H2,2H3. The van der Waals surface area contributed by atoms with Gasteiger partial charge in [0.05, 0.1) is 5.16 Å². The first-order valence-corrected chi connectivity index (χ1v) is 3.21. The highest BCUT2D eigenvalue weighted by atomic mass is 32.1. The van der Waals surface area contributed by atoms with Gasteiger partial charge in [0.2, 0.25) is 0 Å². The van der Waals surface area contributed by atoms with Crippen LogP contribution in [-0.4, -0.2) is 17.7 Å². The summed E-state index contributed by atoms with van der Waals surface area (Å²) < 4.78 is 4.59. The van der Waals surface area contributed by atoms with Crippen LogP contribution in [0.15, 0.2) is 23.0 Å².